The number of esters is 1. The van der Waals surface area contributed by atoms with Crippen molar-refractivity contribution in [2.75, 3.05) is 0 Å². The monoisotopic (exact) mass is 385 g/mol. The summed E-state index contributed by atoms with van der Waals surface area (Å²) in [4.78, 5) is 24.8. The van der Waals surface area contributed by atoms with E-state index in [9.17, 15) is 9.59 Å². The topological polar surface area (TPSA) is 84.9 Å². The number of ether oxygens (including phenoxy) is 2. The molecule has 2 rings (SSSR count). The van der Waals surface area contributed by atoms with Crippen molar-refractivity contribution in [2.24, 2.45) is 0 Å². The van der Waals surface area contributed by atoms with Gasteiger partial charge >= 0.3 is 12.1 Å². The molecule has 0 aliphatic heterocycles. The third-order valence-corrected chi connectivity index (χ3v) is 3.84. The van der Waals surface area contributed by atoms with Gasteiger partial charge < -0.3 is 19.9 Å². The lowest BCUT2D eigenvalue weighted by Gasteiger charge is -2.24. The van der Waals surface area contributed by atoms with Crippen LogP contribution in [0.3, 0.4) is 0 Å². The first-order valence-corrected chi connectivity index (χ1v) is 9.15. The van der Waals surface area contributed by atoms with E-state index in [-0.39, 0.29) is 19.6 Å². The van der Waals surface area contributed by atoms with Crippen molar-refractivity contribution in [1.82, 2.24) is 5.32 Å². The third-order valence-electron chi connectivity index (χ3n) is 3.84. The van der Waals surface area contributed by atoms with E-state index < -0.39 is 23.7 Å². The maximum Gasteiger partial charge on any atom is 0.408 e. The lowest BCUT2D eigenvalue weighted by molar-refractivity contribution is -0.157. The number of aliphatic hydroxyl groups is 1. The average molecular weight is 385 g/mol. The van der Waals surface area contributed by atoms with Gasteiger partial charge in [0.1, 0.15) is 18.2 Å². The van der Waals surface area contributed by atoms with Crippen LogP contribution in [0.15, 0.2) is 54.6 Å². The Morgan fingerprint density at radius 2 is 1.57 bits per heavy atom. The maximum absolute atomic E-state index is 12.6. The van der Waals surface area contributed by atoms with Crippen molar-refractivity contribution < 1.29 is 24.2 Å². The Hall–Kier alpha value is -2.86. The summed E-state index contributed by atoms with van der Waals surface area (Å²) in [6.07, 6.45) is -0.437. The molecule has 2 N–H and O–H groups in total. The van der Waals surface area contributed by atoms with Crippen molar-refractivity contribution in [1.29, 1.82) is 0 Å². The SMILES string of the molecule is CC(C)(C)OC(=O)C(Cc1ccc(CO)cc1)NC(=O)OCc1ccccc1. The van der Waals surface area contributed by atoms with Gasteiger partial charge in [0.15, 0.2) is 0 Å². The number of benzene rings is 2. The molecule has 1 atom stereocenters. The molecule has 1 amide bonds. The van der Waals surface area contributed by atoms with Crippen LogP contribution in [0.4, 0.5) is 4.79 Å². The Morgan fingerprint density at radius 3 is 2.14 bits per heavy atom. The molecule has 0 radical (unpaired) electrons. The molecule has 0 aliphatic carbocycles. The molecule has 6 nitrogen and oxygen atoms in total. The smallest absolute Gasteiger partial charge is 0.408 e. The molecule has 0 bridgehead atoms. The zero-order valence-corrected chi connectivity index (χ0v) is 16.5. The number of hydrogen-bond donors (Lipinski definition) is 2. The Morgan fingerprint density at radius 1 is 0.964 bits per heavy atom. The van der Waals surface area contributed by atoms with Crippen molar-refractivity contribution in [3.63, 3.8) is 0 Å². The van der Waals surface area contributed by atoms with Crippen LogP contribution >= 0.6 is 0 Å². The van der Waals surface area contributed by atoms with Crippen LogP contribution < -0.4 is 5.32 Å². The molecular weight excluding hydrogens is 358 g/mol. The van der Waals surface area contributed by atoms with E-state index >= 15 is 0 Å². The molecule has 0 saturated heterocycles. The third kappa shape index (κ3) is 7.40. The number of amides is 1. The molecule has 0 aromatic heterocycles. The van der Waals surface area contributed by atoms with Gasteiger partial charge in [0.25, 0.3) is 0 Å². The molecule has 1 unspecified atom stereocenters. The lowest BCUT2D eigenvalue weighted by Crippen LogP contribution is -2.45. The van der Waals surface area contributed by atoms with Gasteiger partial charge in [-0.15, -0.1) is 0 Å². The van der Waals surface area contributed by atoms with Gasteiger partial charge in [0.05, 0.1) is 6.61 Å². The highest BCUT2D eigenvalue weighted by molar-refractivity contribution is 5.82. The fourth-order valence-corrected chi connectivity index (χ4v) is 2.49. The molecule has 0 aliphatic rings. The summed E-state index contributed by atoms with van der Waals surface area (Å²) in [5, 5.41) is 11.8. The van der Waals surface area contributed by atoms with Gasteiger partial charge in [-0.25, -0.2) is 9.59 Å². The summed E-state index contributed by atoms with van der Waals surface area (Å²) in [6, 6.07) is 15.6. The van der Waals surface area contributed by atoms with Gasteiger partial charge in [-0.05, 0) is 37.5 Å². The van der Waals surface area contributed by atoms with E-state index in [0.29, 0.717) is 0 Å². The minimum absolute atomic E-state index is 0.0557. The molecule has 2 aromatic rings. The minimum Gasteiger partial charge on any atom is -0.458 e. The molecule has 0 saturated carbocycles. The largest absolute Gasteiger partial charge is 0.458 e. The van der Waals surface area contributed by atoms with Gasteiger partial charge in [-0.1, -0.05) is 54.6 Å². The highest BCUT2D eigenvalue weighted by Gasteiger charge is 2.27. The second-order valence-electron chi connectivity index (χ2n) is 7.47. The zero-order valence-electron chi connectivity index (χ0n) is 16.5. The molecule has 28 heavy (non-hydrogen) atoms. The van der Waals surface area contributed by atoms with Crippen molar-refractivity contribution in [3.05, 3.63) is 71.3 Å². The second kappa shape index (κ2) is 9.90. The van der Waals surface area contributed by atoms with Gasteiger partial charge in [0.2, 0.25) is 0 Å². The summed E-state index contributed by atoms with van der Waals surface area (Å²) in [7, 11) is 0. The highest BCUT2D eigenvalue weighted by atomic mass is 16.6. The maximum atomic E-state index is 12.6. The van der Waals surface area contributed by atoms with E-state index in [2.05, 4.69) is 5.32 Å². The van der Waals surface area contributed by atoms with Crippen LogP contribution in [-0.4, -0.2) is 28.8 Å². The molecule has 0 fully saturated rings. The van der Waals surface area contributed by atoms with Crippen LogP contribution in [0, 0.1) is 0 Å². The Kier molecular flexibility index (Phi) is 7.58. The zero-order chi connectivity index (χ0) is 20.6. The predicted molar refractivity (Wildman–Crippen MR) is 105 cm³/mol. The van der Waals surface area contributed by atoms with E-state index in [1.54, 1.807) is 45.0 Å². The number of aliphatic hydroxyl groups excluding tert-OH is 1. The van der Waals surface area contributed by atoms with Crippen molar-refractivity contribution >= 4 is 12.1 Å². The quantitative estimate of drug-likeness (QED) is 0.714. The average Bonchev–Trinajstić information content (AvgIpc) is 2.66. The number of rotatable bonds is 7. The second-order valence-corrected chi connectivity index (χ2v) is 7.47. The van der Waals surface area contributed by atoms with Crippen molar-refractivity contribution in [3.8, 4) is 0 Å². The molecule has 2 aromatic carbocycles. The number of nitrogens with one attached hydrogen (secondary N) is 1. The number of hydrogen-bond acceptors (Lipinski definition) is 5. The van der Waals surface area contributed by atoms with Gasteiger partial charge in [-0.3, -0.25) is 0 Å². The fourth-order valence-electron chi connectivity index (χ4n) is 2.49. The fraction of sp³-hybridized carbons (Fsp3) is 0.364. The first kappa shape index (κ1) is 21.4. The first-order chi connectivity index (χ1) is 13.3. The van der Waals surface area contributed by atoms with E-state index in [0.717, 1.165) is 16.7 Å². The van der Waals surface area contributed by atoms with E-state index in [1.165, 1.54) is 0 Å². The summed E-state index contributed by atoms with van der Waals surface area (Å²) in [5.41, 5.74) is 1.78. The minimum atomic E-state index is -0.887. The predicted octanol–water partition coefficient (Wildman–Crippen LogP) is 3.36. The van der Waals surface area contributed by atoms with E-state index in [1.807, 2.05) is 30.3 Å². The van der Waals surface area contributed by atoms with E-state index in [4.69, 9.17) is 14.6 Å². The summed E-state index contributed by atoms with van der Waals surface area (Å²) in [5.74, 6) is -0.532. The first-order valence-electron chi connectivity index (χ1n) is 9.15. The number of carbonyl (C=O) groups is 2. The van der Waals surface area contributed by atoms with Crippen LogP contribution in [0.25, 0.3) is 0 Å². The van der Waals surface area contributed by atoms with Crippen molar-refractivity contribution in [2.45, 2.75) is 52.0 Å². The molecule has 6 heteroatoms. The molecule has 0 spiro atoms. The molecular formula is C22H27NO5. The van der Waals surface area contributed by atoms with Gasteiger partial charge in [0, 0.05) is 6.42 Å². The van der Waals surface area contributed by atoms with Gasteiger partial charge in [-0.2, -0.15) is 0 Å². The normalized spacial score (nSPS) is 12.1. The van der Waals surface area contributed by atoms with Crippen LogP contribution in [0.1, 0.15) is 37.5 Å². The van der Waals surface area contributed by atoms with Crippen LogP contribution in [0.5, 0.6) is 0 Å². The summed E-state index contributed by atoms with van der Waals surface area (Å²) < 4.78 is 10.7. The highest BCUT2D eigenvalue weighted by Crippen LogP contribution is 2.13. The summed E-state index contributed by atoms with van der Waals surface area (Å²) in [6.45, 7) is 5.36. The van der Waals surface area contributed by atoms with Crippen LogP contribution in [0.2, 0.25) is 0 Å². The number of carbonyl (C=O) groups excluding carboxylic acids is 2. The Labute approximate surface area is 165 Å². The van der Waals surface area contributed by atoms with Crippen LogP contribution in [-0.2, 0) is 33.9 Å². The molecule has 150 valence electrons. The molecule has 0 heterocycles. The Balaban J connectivity index is 2.03. The Bertz CT molecular complexity index is 766. The lowest BCUT2D eigenvalue weighted by atomic mass is 10.0. The standard InChI is InChI=1S/C22H27NO5/c1-22(2,3)28-20(25)19(13-16-9-11-17(14-24)12-10-16)23-21(26)27-15-18-7-5-4-6-8-18/h4-12,19,24H,13-15H2,1-3H3,(H,23,26). The number of alkyl carbamates (subject to hydrolysis) is 1. The summed E-state index contributed by atoms with van der Waals surface area (Å²) >= 11 is 0.